The van der Waals surface area contributed by atoms with E-state index in [1.807, 2.05) is 23.1 Å². The van der Waals surface area contributed by atoms with Crippen LogP contribution in [-0.4, -0.2) is 40.0 Å². The minimum atomic E-state index is -0.816. The number of likely N-dealkylation sites (tertiary alicyclic amines) is 1. The zero-order valence-electron chi connectivity index (χ0n) is 13.4. The second-order valence-corrected chi connectivity index (χ2v) is 6.12. The molecule has 0 spiro atoms. The number of aromatic nitrogens is 1. The van der Waals surface area contributed by atoms with Crippen molar-refractivity contribution in [2.45, 2.75) is 25.2 Å². The van der Waals surface area contributed by atoms with Crippen molar-refractivity contribution in [2.75, 3.05) is 13.1 Å². The fraction of sp³-hybridized carbons (Fsp3) is 0.316. The Morgan fingerprint density at radius 1 is 1.17 bits per heavy atom. The third-order valence-corrected chi connectivity index (χ3v) is 4.47. The summed E-state index contributed by atoms with van der Waals surface area (Å²) in [4.78, 5) is 29.2. The van der Waals surface area contributed by atoms with Crippen molar-refractivity contribution in [3.8, 4) is 0 Å². The van der Waals surface area contributed by atoms with E-state index in [-0.39, 0.29) is 12.3 Å². The van der Waals surface area contributed by atoms with E-state index >= 15 is 0 Å². The first-order valence-corrected chi connectivity index (χ1v) is 8.13. The molecule has 1 N–H and O–H groups in total. The number of carbonyl (C=O) groups is 2. The molecule has 5 heteroatoms. The van der Waals surface area contributed by atoms with Gasteiger partial charge in [-0.25, -0.2) is 0 Å². The molecule has 5 nitrogen and oxygen atoms in total. The van der Waals surface area contributed by atoms with Crippen molar-refractivity contribution in [1.29, 1.82) is 0 Å². The first-order valence-electron chi connectivity index (χ1n) is 8.13. The van der Waals surface area contributed by atoms with Crippen LogP contribution in [0.5, 0.6) is 0 Å². The smallest absolute Gasteiger partial charge is 0.307 e. The molecular formula is C19H20N2O3. The molecule has 1 saturated heterocycles. The number of pyridine rings is 1. The van der Waals surface area contributed by atoms with Gasteiger partial charge in [-0.2, -0.15) is 0 Å². The highest BCUT2D eigenvalue weighted by Crippen LogP contribution is 2.29. The van der Waals surface area contributed by atoms with Gasteiger partial charge in [0.05, 0.1) is 12.0 Å². The van der Waals surface area contributed by atoms with Gasteiger partial charge in [-0.1, -0.05) is 24.3 Å². The summed E-state index contributed by atoms with van der Waals surface area (Å²) in [6.07, 6.45) is 5.09. The number of hydrogen-bond acceptors (Lipinski definition) is 3. The topological polar surface area (TPSA) is 70.5 Å². The number of carboxylic acid groups (broad SMARTS) is 1. The minimum absolute atomic E-state index is 0.0289. The fourth-order valence-corrected chi connectivity index (χ4v) is 3.22. The molecule has 1 aromatic carbocycles. The van der Waals surface area contributed by atoms with E-state index in [0.29, 0.717) is 24.6 Å². The predicted molar refractivity (Wildman–Crippen MR) is 89.9 cm³/mol. The number of hydrogen-bond donors (Lipinski definition) is 1. The summed E-state index contributed by atoms with van der Waals surface area (Å²) in [5.74, 6) is -0.415. The number of aliphatic carboxylic acids is 1. The molecule has 1 fully saturated rings. The normalized spacial score (nSPS) is 15.2. The molecule has 2 heterocycles. The van der Waals surface area contributed by atoms with E-state index in [0.717, 1.165) is 18.4 Å². The lowest BCUT2D eigenvalue weighted by molar-refractivity contribution is -0.136. The highest BCUT2D eigenvalue weighted by molar-refractivity contribution is 5.93. The third kappa shape index (κ3) is 3.79. The Morgan fingerprint density at radius 2 is 1.96 bits per heavy atom. The maximum atomic E-state index is 12.4. The summed E-state index contributed by atoms with van der Waals surface area (Å²) < 4.78 is 0. The molecule has 0 saturated carbocycles. The number of carbonyl (C=O) groups excluding carboxylic acids is 1. The molecule has 1 aliphatic rings. The zero-order valence-corrected chi connectivity index (χ0v) is 13.4. The molecule has 0 unspecified atom stereocenters. The highest BCUT2D eigenvalue weighted by atomic mass is 16.4. The van der Waals surface area contributed by atoms with E-state index in [9.17, 15) is 9.59 Å². The maximum absolute atomic E-state index is 12.4. The molecule has 24 heavy (non-hydrogen) atoms. The third-order valence-electron chi connectivity index (χ3n) is 4.47. The van der Waals surface area contributed by atoms with Gasteiger partial charge in [0.2, 0.25) is 0 Å². The van der Waals surface area contributed by atoms with Crippen LogP contribution in [-0.2, 0) is 11.2 Å². The van der Waals surface area contributed by atoms with Crippen molar-refractivity contribution in [3.63, 3.8) is 0 Å². The first kappa shape index (κ1) is 16.2. The van der Waals surface area contributed by atoms with Gasteiger partial charge in [0, 0.05) is 25.5 Å². The van der Waals surface area contributed by atoms with E-state index in [2.05, 4.69) is 11.1 Å². The van der Waals surface area contributed by atoms with Crippen molar-refractivity contribution in [2.24, 2.45) is 0 Å². The van der Waals surface area contributed by atoms with Gasteiger partial charge in [-0.3, -0.25) is 14.6 Å². The second-order valence-electron chi connectivity index (χ2n) is 6.12. The van der Waals surface area contributed by atoms with E-state index in [1.165, 1.54) is 5.56 Å². The van der Waals surface area contributed by atoms with Crippen molar-refractivity contribution in [1.82, 2.24) is 9.88 Å². The molecule has 1 aliphatic heterocycles. The van der Waals surface area contributed by atoms with E-state index in [4.69, 9.17) is 5.11 Å². The van der Waals surface area contributed by atoms with Crippen molar-refractivity contribution >= 4 is 11.9 Å². The highest BCUT2D eigenvalue weighted by Gasteiger charge is 2.24. The van der Waals surface area contributed by atoms with Crippen LogP contribution in [0.3, 0.4) is 0 Å². The number of rotatable bonds is 4. The molecule has 0 aliphatic carbocycles. The van der Waals surface area contributed by atoms with Gasteiger partial charge >= 0.3 is 5.97 Å². The largest absolute Gasteiger partial charge is 0.481 e. The fourth-order valence-electron chi connectivity index (χ4n) is 3.22. The molecule has 2 aromatic rings. The Labute approximate surface area is 140 Å². The van der Waals surface area contributed by atoms with Crippen molar-refractivity contribution < 1.29 is 14.7 Å². The van der Waals surface area contributed by atoms with E-state index < -0.39 is 5.97 Å². The number of carboxylic acids is 1. The van der Waals surface area contributed by atoms with Gasteiger partial charge in [0.25, 0.3) is 5.91 Å². The molecule has 0 bridgehead atoms. The maximum Gasteiger partial charge on any atom is 0.307 e. The number of nitrogens with zero attached hydrogens (tertiary/aromatic N) is 2. The average molecular weight is 324 g/mol. The summed E-state index contributed by atoms with van der Waals surface area (Å²) in [5.41, 5.74) is 2.62. The number of amides is 1. The van der Waals surface area contributed by atoms with Crippen LogP contribution in [0.2, 0.25) is 0 Å². The number of piperidine rings is 1. The first-order chi connectivity index (χ1) is 11.6. The monoisotopic (exact) mass is 324 g/mol. The van der Waals surface area contributed by atoms with Crippen LogP contribution in [0.4, 0.5) is 0 Å². The predicted octanol–water partition coefficient (Wildman–Crippen LogP) is 2.73. The lowest BCUT2D eigenvalue weighted by Crippen LogP contribution is -2.37. The van der Waals surface area contributed by atoms with Gasteiger partial charge in [0.15, 0.2) is 0 Å². The molecule has 124 valence electrons. The standard InChI is InChI=1S/C19H20N2O3/c22-18(23)12-14-3-1-4-16(11-14)15-6-9-21(10-7-15)19(24)17-5-2-8-20-13-17/h1-5,8,11,13,15H,6-7,9-10,12H2,(H,22,23). The Balaban J connectivity index is 1.63. The Bertz CT molecular complexity index is 722. The molecular weight excluding hydrogens is 304 g/mol. The van der Waals surface area contributed by atoms with Crippen LogP contribution in [0.25, 0.3) is 0 Å². The Morgan fingerprint density at radius 3 is 2.62 bits per heavy atom. The minimum Gasteiger partial charge on any atom is -0.481 e. The quantitative estimate of drug-likeness (QED) is 0.939. The van der Waals surface area contributed by atoms with Gasteiger partial charge in [-0.15, -0.1) is 0 Å². The molecule has 0 atom stereocenters. The summed E-state index contributed by atoms with van der Waals surface area (Å²) in [5, 5.41) is 8.92. The molecule has 0 radical (unpaired) electrons. The number of benzene rings is 1. The van der Waals surface area contributed by atoms with Crippen LogP contribution in [0.1, 0.15) is 40.2 Å². The zero-order chi connectivity index (χ0) is 16.9. The van der Waals surface area contributed by atoms with Crippen molar-refractivity contribution in [3.05, 3.63) is 65.5 Å². The van der Waals surface area contributed by atoms with Crippen LogP contribution < -0.4 is 0 Å². The van der Waals surface area contributed by atoms with Gasteiger partial charge in [0.1, 0.15) is 0 Å². The SMILES string of the molecule is O=C(O)Cc1cccc(C2CCN(C(=O)c3cccnc3)CC2)c1. The lowest BCUT2D eigenvalue weighted by atomic mass is 9.88. The van der Waals surface area contributed by atoms with E-state index in [1.54, 1.807) is 24.5 Å². The average Bonchev–Trinajstić information content (AvgIpc) is 2.62. The van der Waals surface area contributed by atoms with Crippen LogP contribution in [0.15, 0.2) is 48.8 Å². The molecule has 3 rings (SSSR count). The molecule has 1 amide bonds. The van der Waals surface area contributed by atoms with Crippen LogP contribution >= 0.6 is 0 Å². The summed E-state index contributed by atoms with van der Waals surface area (Å²) in [6.45, 7) is 1.42. The Hall–Kier alpha value is -2.69. The molecule has 1 aromatic heterocycles. The van der Waals surface area contributed by atoms with Gasteiger partial charge < -0.3 is 10.0 Å². The second kappa shape index (κ2) is 7.25. The lowest BCUT2D eigenvalue weighted by Gasteiger charge is -2.32. The van der Waals surface area contributed by atoms with Gasteiger partial charge in [-0.05, 0) is 42.0 Å². The summed E-state index contributed by atoms with van der Waals surface area (Å²) >= 11 is 0. The Kier molecular flexibility index (Phi) is 4.89. The summed E-state index contributed by atoms with van der Waals surface area (Å²) in [7, 11) is 0. The summed E-state index contributed by atoms with van der Waals surface area (Å²) in [6, 6.07) is 11.4. The van der Waals surface area contributed by atoms with Crippen LogP contribution in [0, 0.1) is 0 Å².